The third-order valence-corrected chi connectivity index (χ3v) is 6.05. The van der Waals surface area contributed by atoms with E-state index in [2.05, 4.69) is 6.07 Å². The normalized spacial score (nSPS) is 22.0. The molecule has 1 heterocycles. The van der Waals surface area contributed by atoms with Crippen molar-refractivity contribution in [3.63, 3.8) is 0 Å². The van der Waals surface area contributed by atoms with E-state index in [4.69, 9.17) is 11.6 Å². The molecule has 5 heteroatoms. The molecule has 1 fully saturated rings. The topological polar surface area (TPSA) is 40.5 Å². The van der Waals surface area contributed by atoms with E-state index >= 15 is 0 Å². The van der Waals surface area contributed by atoms with Gasteiger partial charge >= 0.3 is 0 Å². The van der Waals surface area contributed by atoms with Crippen molar-refractivity contribution in [2.45, 2.75) is 38.3 Å². The van der Waals surface area contributed by atoms with Crippen molar-refractivity contribution in [1.29, 1.82) is 0 Å². The number of nitrogens with zero attached hydrogens (tertiary/aromatic N) is 1. The molecular formula is C17H20ClNO2S. The van der Waals surface area contributed by atoms with Gasteiger partial charge in [0.05, 0.1) is 17.7 Å². The monoisotopic (exact) mass is 337 g/mol. The summed E-state index contributed by atoms with van der Waals surface area (Å²) >= 11 is 8.09. The standard InChI is InChI=1S/C17H20ClNO2S/c1-19(17(21)11-5-4-6-12(20)9-11)10-15-16(18)13-7-2-3-8-14(13)22-15/h2-3,7-8,11-12,20H,4-6,9-10H2,1H3/t11-,12-/m0/s1. The molecule has 118 valence electrons. The van der Waals surface area contributed by atoms with Crippen LogP contribution in [-0.4, -0.2) is 29.1 Å². The number of carbonyl (C=O) groups excluding carboxylic acids is 1. The maximum absolute atomic E-state index is 12.6. The van der Waals surface area contributed by atoms with E-state index in [1.807, 2.05) is 25.2 Å². The van der Waals surface area contributed by atoms with E-state index in [9.17, 15) is 9.90 Å². The van der Waals surface area contributed by atoms with Crippen molar-refractivity contribution in [2.24, 2.45) is 5.92 Å². The summed E-state index contributed by atoms with van der Waals surface area (Å²) < 4.78 is 1.15. The first kappa shape index (κ1) is 15.8. The third-order valence-electron chi connectivity index (χ3n) is 4.35. The van der Waals surface area contributed by atoms with E-state index in [0.717, 1.165) is 39.2 Å². The first-order valence-electron chi connectivity index (χ1n) is 7.65. The van der Waals surface area contributed by atoms with Crippen LogP contribution in [0.25, 0.3) is 10.1 Å². The van der Waals surface area contributed by atoms with E-state index in [0.29, 0.717) is 13.0 Å². The molecule has 0 bridgehead atoms. The Morgan fingerprint density at radius 2 is 2.18 bits per heavy atom. The predicted molar refractivity (Wildman–Crippen MR) is 91.3 cm³/mol. The molecular weight excluding hydrogens is 318 g/mol. The summed E-state index contributed by atoms with van der Waals surface area (Å²) in [5.41, 5.74) is 0. The van der Waals surface area contributed by atoms with Crippen molar-refractivity contribution >= 4 is 38.9 Å². The van der Waals surface area contributed by atoms with Crippen molar-refractivity contribution in [3.8, 4) is 0 Å². The van der Waals surface area contributed by atoms with Crippen LogP contribution in [0.2, 0.25) is 5.02 Å². The van der Waals surface area contributed by atoms with Gasteiger partial charge in [0.1, 0.15) is 0 Å². The summed E-state index contributed by atoms with van der Waals surface area (Å²) in [6.07, 6.45) is 2.87. The number of fused-ring (bicyclic) bond motifs is 1. The molecule has 1 N–H and O–H groups in total. The number of hydrogen-bond donors (Lipinski definition) is 1. The quantitative estimate of drug-likeness (QED) is 0.917. The molecule has 1 aromatic heterocycles. The Hall–Kier alpha value is -1.10. The third kappa shape index (κ3) is 3.14. The van der Waals surface area contributed by atoms with Crippen LogP contribution in [0.3, 0.4) is 0 Å². The molecule has 1 aromatic carbocycles. The summed E-state index contributed by atoms with van der Waals surface area (Å²) in [6, 6.07) is 8.03. The van der Waals surface area contributed by atoms with Crippen LogP contribution in [-0.2, 0) is 11.3 Å². The molecule has 3 nitrogen and oxygen atoms in total. The highest BCUT2D eigenvalue weighted by molar-refractivity contribution is 7.19. The maximum Gasteiger partial charge on any atom is 0.225 e. The second-order valence-electron chi connectivity index (χ2n) is 6.05. The fourth-order valence-corrected chi connectivity index (χ4v) is 4.71. The van der Waals surface area contributed by atoms with Gasteiger partial charge in [0.2, 0.25) is 5.91 Å². The van der Waals surface area contributed by atoms with E-state index in [1.165, 1.54) is 0 Å². The Bertz CT molecular complexity index is 684. The second kappa shape index (κ2) is 6.57. The Morgan fingerprint density at radius 3 is 2.91 bits per heavy atom. The highest BCUT2D eigenvalue weighted by atomic mass is 35.5. The Morgan fingerprint density at radius 1 is 1.41 bits per heavy atom. The molecule has 2 aromatic rings. The average Bonchev–Trinajstić information content (AvgIpc) is 2.83. The minimum Gasteiger partial charge on any atom is -0.393 e. The highest BCUT2D eigenvalue weighted by Crippen LogP contribution is 2.36. The molecule has 3 rings (SSSR count). The van der Waals surface area contributed by atoms with Gasteiger partial charge in [-0.05, 0) is 25.3 Å². The Kier molecular flexibility index (Phi) is 4.71. The zero-order chi connectivity index (χ0) is 15.7. The van der Waals surface area contributed by atoms with Crippen LogP contribution in [0, 0.1) is 5.92 Å². The first-order valence-corrected chi connectivity index (χ1v) is 8.84. The molecule has 1 saturated carbocycles. The second-order valence-corrected chi connectivity index (χ2v) is 7.56. The smallest absolute Gasteiger partial charge is 0.225 e. The zero-order valence-electron chi connectivity index (χ0n) is 12.6. The number of thiophene rings is 1. The van der Waals surface area contributed by atoms with Gasteiger partial charge in [0, 0.05) is 27.9 Å². The molecule has 1 amide bonds. The van der Waals surface area contributed by atoms with Gasteiger partial charge in [-0.1, -0.05) is 36.2 Å². The maximum atomic E-state index is 12.6. The number of amides is 1. The summed E-state index contributed by atoms with van der Waals surface area (Å²) in [5, 5.41) is 11.6. The fraction of sp³-hybridized carbons (Fsp3) is 0.471. The molecule has 22 heavy (non-hydrogen) atoms. The molecule has 0 spiro atoms. The van der Waals surface area contributed by atoms with Crippen LogP contribution >= 0.6 is 22.9 Å². The Labute approximate surface area is 139 Å². The van der Waals surface area contributed by atoms with E-state index in [1.54, 1.807) is 16.2 Å². The molecule has 1 aliphatic rings. The predicted octanol–water partition coefficient (Wildman–Crippen LogP) is 4.06. The zero-order valence-corrected chi connectivity index (χ0v) is 14.2. The minimum atomic E-state index is -0.330. The number of halogens is 1. The molecule has 0 radical (unpaired) electrons. The number of rotatable bonds is 3. The molecule has 1 aliphatic carbocycles. The number of aliphatic hydroxyl groups is 1. The highest BCUT2D eigenvalue weighted by Gasteiger charge is 2.28. The van der Waals surface area contributed by atoms with Crippen LogP contribution in [0.15, 0.2) is 24.3 Å². The SMILES string of the molecule is CN(Cc1sc2ccccc2c1Cl)C(=O)[C@H]1CCC[C@H](O)C1. The summed E-state index contributed by atoms with van der Waals surface area (Å²) in [7, 11) is 1.82. The lowest BCUT2D eigenvalue weighted by atomic mass is 9.86. The fourth-order valence-electron chi connectivity index (χ4n) is 3.16. The first-order chi connectivity index (χ1) is 10.6. The van der Waals surface area contributed by atoms with Gasteiger partial charge in [-0.2, -0.15) is 0 Å². The molecule has 0 aliphatic heterocycles. The van der Waals surface area contributed by atoms with Crippen LogP contribution in [0.5, 0.6) is 0 Å². The van der Waals surface area contributed by atoms with Crippen LogP contribution < -0.4 is 0 Å². The van der Waals surface area contributed by atoms with Gasteiger partial charge in [-0.3, -0.25) is 4.79 Å². The van der Waals surface area contributed by atoms with Crippen molar-refractivity contribution in [2.75, 3.05) is 7.05 Å². The van der Waals surface area contributed by atoms with E-state index in [-0.39, 0.29) is 17.9 Å². The van der Waals surface area contributed by atoms with Gasteiger partial charge < -0.3 is 10.0 Å². The lowest BCUT2D eigenvalue weighted by molar-refractivity contribution is -0.137. The number of carbonyl (C=O) groups is 1. The molecule has 2 atom stereocenters. The number of hydrogen-bond acceptors (Lipinski definition) is 3. The minimum absolute atomic E-state index is 0.0538. The molecule has 0 unspecified atom stereocenters. The summed E-state index contributed by atoms with van der Waals surface area (Å²) in [6.45, 7) is 0.531. The van der Waals surface area contributed by atoms with Crippen LogP contribution in [0.1, 0.15) is 30.6 Å². The van der Waals surface area contributed by atoms with Gasteiger partial charge in [0.15, 0.2) is 0 Å². The summed E-state index contributed by atoms with van der Waals surface area (Å²) in [4.78, 5) is 15.3. The van der Waals surface area contributed by atoms with Crippen LogP contribution in [0.4, 0.5) is 0 Å². The average molecular weight is 338 g/mol. The summed E-state index contributed by atoms with van der Waals surface area (Å²) in [5.74, 6) is 0.0641. The van der Waals surface area contributed by atoms with Crippen molar-refractivity contribution < 1.29 is 9.90 Å². The van der Waals surface area contributed by atoms with Gasteiger partial charge in [-0.25, -0.2) is 0 Å². The van der Waals surface area contributed by atoms with Crippen molar-refractivity contribution in [3.05, 3.63) is 34.2 Å². The van der Waals surface area contributed by atoms with Crippen molar-refractivity contribution in [1.82, 2.24) is 4.90 Å². The largest absolute Gasteiger partial charge is 0.393 e. The lowest BCUT2D eigenvalue weighted by Gasteiger charge is -2.28. The molecule has 0 saturated heterocycles. The van der Waals surface area contributed by atoms with E-state index < -0.39 is 0 Å². The van der Waals surface area contributed by atoms with Gasteiger partial charge in [-0.15, -0.1) is 11.3 Å². The Balaban J connectivity index is 1.73. The number of aliphatic hydroxyl groups excluding tert-OH is 1. The van der Waals surface area contributed by atoms with Gasteiger partial charge in [0.25, 0.3) is 0 Å². The lowest BCUT2D eigenvalue weighted by Crippen LogP contribution is -2.36. The number of benzene rings is 1.